The van der Waals surface area contributed by atoms with E-state index >= 15 is 0 Å². The molecule has 4 rings (SSSR count). The summed E-state index contributed by atoms with van der Waals surface area (Å²) in [5.74, 6) is -3.52. The highest BCUT2D eigenvalue weighted by Gasteiger charge is 2.46. The lowest BCUT2D eigenvalue weighted by atomic mass is 9.94. The zero-order chi connectivity index (χ0) is 19.8. The van der Waals surface area contributed by atoms with Crippen molar-refractivity contribution in [1.82, 2.24) is 0 Å². The molecule has 140 valence electrons. The van der Waals surface area contributed by atoms with Crippen molar-refractivity contribution in [2.45, 2.75) is 6.04 Å². The van der Waals surface area contributed by atoms with Gasteiger partial charge in [-0.1, -0.05) is 30.3 Å². The molecule has 0 spiro atoms. The van der Waals surface area contributed by atoms with Gasteiger partial charge in [0, 0.05) is 5.56 Å². The fraction of sp³-hybridized carbons (Fsp3) is 0.0476. The van der Waals surface area contributed by atoms with E-state index in [-0.39, 0.29) is 28.3 Å². The van der Waals surface area contributed by atoms with Gasteiger partial charge in [-0.15, -0.1) is 0 Å². The maximum atomic E-state index is 14.6. The zero-order valence-corrected chi connectivity index (χ0v) is 14.4. The summed E-state index contributed by atoms with van der Waals surface area (Å²) in [6.07, 6.45) is 1.28. The minimum absolute atomic E-state index is 0.00180. The molecule has 3 aromatic rings. The highest BCUT2D eigenvalue weighted by Crippen LogP contribution is 2.44. The van der Waals surface area contributed by atoms with Gasteiger partial charge in [-0.3, -0.25) is 14.5 Å². The van der Waals surface area contributed by atoms with E-state index in [4.69, 9.17) is 4.42 Å². The first kappa shape index (κ1) is 17.5. The van der Waals surface area contributed by atoms with Gasteiger partial charge in [-0.2, -0.15) is 0 Å². The predicted octanol–water partition coefficient (Wildman–Crippen LogP) is 3.91. The summed E-state index contributed by atoms with van der Waals surface area (Å²) in [5, 5.41) is 20.7. The second-order valence-corrected chi connectivity index (χ2v) is 6.16. The van der Waals surface area contributed by atoms with Crippen LogP contribution in [0.2, 0.25) is 0 Å². The number of para-hydroxylation sites is 2. The summed E-state index contributed by atoms with van der Waals surface area (Å²) in [5.41, 5.74) is -0.291. The van der Waals surface area contributed by atoms with Crippen molar-refractivity contribution in [3.63, 3.8) is 0 Å². The molecule has 0 fully saturated rings. The second kappa shape index (κ2) is 6.70. The minimum atomic E-state index is -1.28. The van der Waals surface area contributed by atoms with Crippen LogP contribution in [0.15, 0.2) is 82.7 Å². The topological polar surface area (TPSA) is 91.0 Å². The molecule has 2 aromatic carbocycles. The number of furan rings is 1. The van der Waals surface area contributed by atoms with Crippen LogP contribution in [0.1, 0.15) is 22.2 Å². The summed E-state index contributed by atoms with van der Waals surface area (Å²) in [6.45, 7) is 0. The highest BCUT2D eigenvalue weighted by molar-refractivity contribution is 6.20. The Bertz CT molecular complexity index is 1100. The van der Waals surface area contributed by atoms with Crippen molar-refractivity contribution in [1.29, 1.82) is 0 Å². The number of carbonyl (C=O) groups is 2. The average molecular weight is 379 g/mol. The summed E-state index contributed by atoms with van der Waals surface area (Å²) >= 11 is 0. The number of aromatic hydroxyl groups is 1. The van der Waals surface area contributed by atoms with Crippen LogP contribution in [0.5, 0.6) is 5.75 Å². The number of carbonyl (C=O) groups excluding carboxylic acids is 2. The fourth-order valence-corrected chi connectivity index (χ4v) is 3.29. The summed E-state index contributed by atoms with van der Waals surface area (Å²) in [7, 11) is 0. The molecule has 0 bridgehead atoms. The Kier molecular flexibility index (Phi) is 4.19. The summed E-state index contributed by atoms with van der Waals surface area (Å²) in [4.78, 5) is 26.8. The Hall–Kier alpha value is -3.87. The third kappa shape index (κ3) is 2.64. The fourth-order valence-electron chi connectivity index (χ4n) is 3.29. The third-order valence-electron chi connectivity index (χ3n) is 4.54. The standard InChI is InChI=1S/C21H14FNO5/c22-13-7-2-1-6-12(13)18-17(19(25)16-10-5-11-28-16)20(26)21(27)23(18)14-8-3-4-9-15(14)24/h1-11,18,24,26H. The number of nitrogens with zero attached hydrogens (tertiary/aromatic N) is 1. The van der Waals surface area contributed by atoms with E-state index in [1.807, 2.05) is 0 Å². The van der Waals surface area contributed by atoms with Crippen LogP contribution in [0, 0.1) is 5.82 Å². The molecule has 2 heterocycles. The maximum absolute atomic E-state index is 14.6. The first-order chi connectivity index (χ1) is 13.5. The molecule has 6 nitrogen and oxygen atoms in total. The normalized spacial score (nSPS) is 16.7. The number of benzene rings is 2. The van der Waals surface area contributed by atoms with Crippen molar-refractivity contribution in [2.24, 2.45) is 0 Å². The number of halogens is 1. The molecular formula is C21H14FNO5. The number of amides is 1. The molecule has 1 aromatic heterocycles. The molecular weight excluding hydrogens is 365 g/mol. The Morgan fingerprint density at radius 1 is 1.00 bits per heavy atom. The number of aliphatic hydroxyl groups excluding tert-OH is 1. The van der Waals surface area contributed by atoms with Crippen molar-refractivity contribution in [3.05, 3.63) is 95.4 Å². The van der Waals surface area contributed by atoms with Gasteiger partial charge < -0.3 is 14.6 Å². The number of phenolic OH excluding ortho intramolecular Hbond substituents is 1. The molecule has 7 heteroatoms. The Labute approximate surface area is 158 Å². The van der Waals surface area contributed by atoms with Gasteiger partial charge in [0.25, 0.3) is 5.91 Å². The number of rotatable bonds is 4. The number of phenols is 1. The minimum Gasteiger partial charge on any atom is -0.506 e. The quantitative estimate of drug-likeness (QED) is 0.671. The molecule has 1 unspecified atom stereocenters. The molecule has 1 amide bonds. The Balaban J connectivity index is 1.94. The molecule has 0 aliphatic carbocycles. The van der Waals surface area contributed by atoms with E-state index in [1.165, 1.54) is 48.7 Å². The molecule has 2 N–H and O–H groups in total. The predicted molar refractivity (Wildman–Crippen MR) is 97.4 cm³/mol. The number of Topliss-reactive ketones (excluding diaryl/α,β-unsaturated/α-hetero) is 1. The lowest BCUT2D eigenvalue weighted by Crippen LogP contribution is -2.31. The smallest absolute Gasteiger partial charge is 0.294 e. The Morgan fingerprint density at radius 3 is 2.39 bits per heavy atom. The van der Waals surface area contributed by atoms with E-state index < -0.39 is 29.3 Å². The number of hydrogen-bond donors (Lipinski definition) is 2. The number of ketones is 1. The molecule has 1 atom stereocenters. The Morgan fingerprint density at radius 2 is 1.71 bits per heavy atom. The average Bonchev–Trinajstić information content (AvgIpc) is 3.31. The third-order valence-corrected chi connectivity index (χ3v) is 4.54. The van der Waals surface area contributed by atoms with Crippen LogP contribution in [0.4, 0.5) is 10.1 Å². The van der Waals surface area contributed by atoms with Gasteiger partial charge in [0.05, 0.1) is 23.6 Å². The van der Waals surface area contributed by atoms with Crippen LogP contribution >= 0.6 is 0 Å². The zero-order valence-electron chi connectivity index (χ0n) is 14.4. The van der Waals surface area contributed by atoms with Crippen LogP contribution < -0.4 is 4.90 Å². The first-order valence-corrected chi connectivity index (χ1v) is 8.38. The van der Waals surface area contributed by atoms with Crippen LogP contribution in [-0.2, 0) is 4.79 Å². The summed E-state index contributed by atoms with van der Waals surface area (Å²) in [6, 6.07) is 13.1. The number of anilines is 1. The van der Waals surface area contributed by atoms with Gasteiger partial charge in [0.1, 0.15) is 11.6 Å². The molecule has 1 aliphatic rings. The molecule has 0 saturated carbocycles. The van der Waals surface area contributed by atoms with Gasteiger partial charge in [-0.05, 0) is 30.3 Å². The monoisotopic (exact) mass is 379 g/mol. The van der Waals surface area contributed by atoms with E-state index in [2.05, 4.69) is 0 Å². The van der Waals surface area contributed by atoms with Crippen molar-refractivity contribution in [2.75, 3.05) is 4.90 Å². The van der Waals surface area contributed by atoms with Crippen molar-refractivity contribution >= 4 is 17.4 Å². The van der Waals surface area contributed by atoms with Gasteiger partial charge in [0.15, 0.2) is 11.5 Å². The first-order valence-electron chi connectivity index (χ1n) is 8.38. The molecule has 1 aliphatic heterocycles. The number of hydrogen-bond acceptors (Lipinski definition) is 5. The lowest BCUT2D eigenvalue weighted by Gasteiger charge is -2.27. The van der Waals surface area contributed by atoms with Crippen molar-refractivity contribution < 1.29 is 28.6 Å². The van der Waals surface area contributed by atoms with Gasteiger partial charge >= 0.3 is 0 Å². The van der Waals surface area contributed by atoms with Crippen molar-refractivity contribution in [3.8, 4) is 5.75 Å². The molecule has 28 heavy (non-hydrogen) atoms. The SMILES string of the molecule is O=C(C1=C(O)C(=O)N(c2ccccc2O)C1c1ccccc1F)c1ccco1. The van der Waals surface area contributed by atoms with E-state index in [0.29, 0.717) is 0 Å². The van der Waals surface area contributed by atoms with Gasteiger partial charge in [-0.25, -0.2) is 4.39 Å². The molecule has 0 radical (unpaired) electrons. The van der Waals surface area contributed by atoms with E-state index in [0.717, 1.165) is 4.90 Å². The van der Waals surface area contributed by atoms with E-state index in [9.17, 15) is 24.2 Å². The van der Waals surface area contributed by atoms with Crippen LogP contribution in [-0.4, -0.2) is 21.9 Å². The maximum Gasteiger partial charge on any atom is 0.294 e. The van der Waals surface area contributed by atoms with Crippen LogP contribution in [0.3, 0.4) is 0 Å². The molecule has 0 saturated heterocycles. The highest BCUT2D eigenvalue weighted by atomic mass is 19.1. The summed E-state index contributed by atoms with van der Waals surface area (Å²) < 4.78 is 19.7. The second-order valence-electron chi connectivity index (χ2n) is 6.16. The van der Waals surface area contributed by atoms with Gasteiger partial charge in [0.2, 0.25) is 5.78 Å². The largest absolute Gasteiger partial charge is 0.506 e. The van der Waals surface area contributed by atoms with Crippen LogP contribution in [0.25, 0.3) is 0 Å². The van der Waals surface area contributed by atoms with E-state index in [1.54, 1.807) is 18.2 Å². The number of aliphatic hydroxyl groups is 1. The lowest BCUT2D eigenvalue weighted by molar-refractivity contribution is -0.117.